The second kappa shape index (κ2) is 10.7. The van der Waals surface area contributed by atoms with Crippen molar-refractivity contribution in [3.63, 3.8) is 0 Å². The lowest BCUT2D eigenvalue weighted by Gasteiger charge is -2.20. The molecule has 0 aliphatic carbocycles. The molecule has 3 rings (SSSR count). The molecule has 1 amide bonds. The van der Waals surface area contributed by atoms with Crippen molar-refractivity contribution in [2.75, 3.05) is 20.2 Å². The molecule has 0 spiro atoms. The number of pyridine rings is 1. The second-order valence-electron chi connectivity index (χ2n) is 8.15. The fraction of sp³-hybridized carbons (Fsp3) is 0.269. The van der Waals surface area contributed by atoms with Crippen molar-refractivity contribution in [3.05, 3.63) is 105 Å². The van der Waals surface area contributed by atoms with Gasteiger partial charge in [0.2, 0.25) is 5.56 Å². The Morgan fingerprint density at radius 3 is 2.12 bits per heavy atom. The maximum Gasteiger partial charge on any atom is 0.253 e. The highest BCUT2D eigenvalue weighted by Gasteiger charge is 2.20. The second-order valence-corrected chi connectivity index (χ2v) is 8.15. The summed E-state index contributed by atoms with van der Waals surface area (Å²) in [4.78, 5) is 25.8. The molecule has 2 N–H and O–H groups in total. The number of hydrogen-bond donors (Lipinski definition) is 2. The molecular weight excluding hydrogens is 418 g/mol. The van der Waals surface area contributed by atoms with Gasteiger partial charge in [0.1, 0.15) is 0 Å². The molecule has 3 aromatic rings. The molecule has 2 aromatic carbocycles. The Bertz CT molecular complexity index is 1180. The van der Waals surface area contributed by atoms with E-state index in [2.05, 4.69) is 5.16 Å². The smallest absolute Gasteiger partial charge is 0.253 e. The third-order valence-corrected chi connectivity index (χ3v) is 5.76. The van der Waals surface area contributed by atoms with Gasteiger partial charge in [-0.25, -0.2) is 0 Å². The third kappa shape index (κ3) is 5.75. The molecule has 0 bridgehead atoms. The quantitative estimate of drug-likeness (QED) is 0.315. The van der Waals surface area contributed by atoms with Gasteiger partial charge in [0.25, 0.3) is 5.91 Å². The van der Waals surface area contributed by atoms with Crippen molar-refractivity contribution >= 4 is 11.6 Å². The summed E-state index contributed by atoms with van der Waals surface area (Å²) in [5.74, 6) is -0.293. The first-order chi connectivity index (χ1) is 15.8. The number of nitrogens with zero attached hydrogens (tertiary/aromatic N) is 3. The minimum Gasteiger partial charge on any atom is -0.411 e. The highest BCUT2D eigenvalue weighted by Crippen LogP contribution is 2.30. The van der Waals surface area contributed by atoms with E-state index in [1.54, 1.807) is 38.5 Å². The Labute approximate surface area is 193 Å². The average Bonchev–Trinajstić information content (AvgIpc) is 2.82. The monoisotopic (exact) mass is 447 g/mol. The van der Waals surface area contributed by atoms with Crippen LogP contribution in [0, 0.1) is 6.92 Å². The highest BCUT2D eigenvalue weighted by molar-refractivity contribution is 6.00. The molecule has 1 unspecified atom stereocenters. The summed E-state index contributed by atoms with van der Waals surface area (Å²) in [6, 6.07) is 18.6. The first-order valence-corrected chi connectivity index (χ1v) is 10.7. The van der Waals surface area contributed by atoms with Crippen molar-refractivity contribution in [1.82, 2.24) is 9.47 Å². The maximum absolute atomic E-state index is 12.5. The molecular formula is C26H29N3O4. The number of rotatable bonds is 8. The molecule has 33 heavy (non-hydrogen) atoms. The summed E-state index contributed by atoms with van der Waals surface area (Å²) >= 11 is 0. The van der Waals surface area contributed by atoms with E-state index in [9.17, 15) is 14.8 Å². The molecule has 0 aliphatic rings. The summed E-state index contributed by atoms with van der Waals surface area (Å²) in [6.07, 6.45) is 2.05. The van der Waals surface area contributed by atoms with E-state index < -0.39 is 0 Å². The number of carbonyl (C=O) groups excluding carboxylic acids is 1. The fourth-order valence-corrected chi connectivity index (χ4v) is 3.73. The van der Waals surface area contributed by atoms with Gasteiger partial charge in [-0.05, 0) is 36.2 Å². The van der Waals surface area contributed by atoms with E-state index in [-0.39, 0.29) is 30.5 Å². The van der Waals surface area contributed by atoms with Gasteiger partial charge < -0.3 is 19.8 Å². The van der Waals surface area contributed by atoms with Gasteiger partial charge in [-0.15, -0.1) is 0 Å². The van der Waals surface area contributed by atoms with Gasteiger partial charge in [-0.3, -0.25) is 9.59 Å². The number of carbonyl (C=O) groups is 1. The molecule has 0 saturated carbocycles. The SMILES string of the molecule is Cc1ccc(C(CC(=NO)c2ccc(=O)n(C)c2)c2ccc(C(=O)N(C)CCO)cc2)cc1. The van der Waals surface area contributed by atoms with Crippen LogP contribution in [0.4, 0.5) is 0 Å². The van der Waals surface area contributed by atoms with E-state index in [0.717, 1.165) is 16.7 Å². The number of aromatic nitrogens is 1. The minimum atomic E-state index is -0.162. The minimum absolute atomic E-state index is 0.0931. The van der Waals surface area contributed by atoms with Crippen LogP contribution in [0.15, 0.2) is 76.8 Å². The number of aliphatic hydroxyl groups excluding tert-OH is 1. The fourth-order valence-electron chi connectivity index (χ4n) is 3.73. The summed E-state index contributed by atoms with van der Waals surface area (Å²) < 4.78 is 1.45. The number of benzene rings is 2. The van der Waals surface area contributed by atoms with E-state index in [1.165, 1.54) is 15.5 Å². The number of amides is 1. The van der Waals surface area contributed by atoms with Crippen molar-refractivity contribution in [2.24, 2.45) is 12.2 Å². The largest absolute Gasteiger partial charge is 0.411 e. The lowest BCUT2D eigenvalue weighted by molar-refractivity contribution is 0.0767. The molecule has 7 nitrogen and oxygen atoms in total. The van der Waals surface area contributed by atoms with E-state index in [1.807, 2.05) is 43.3 Å². The van der Waals surface area contributed by atoms with Crippen LogP contribution < -0.4 is 5.56 Å². The zero-order valence-electron chi connectivity index (χ0n) is 19.1. The van der Waals surface area contributed by atoms with E-state index >= 15 is 0 Å². The zero-order valence-corrected chi connectivity index (χ0v) is 19.1. The van der Waals surface area contributed by atoms with Crippen LogP contribution in [0.2, 0.25) is 0 Å². The first kappa shape index (κ1) is 23.9. The van der Waals surface area contributed by atoms with Gasteiger partial charge in [0.05, 0.1) is 12.3 Å². The normalized spacial score (nSPS) is 12.4. The molecule has 0 radical (unpaired) electrons. The number of aryl methyl sites for hydroxylation is 2. The summed E-state index contributed by atoms with van der Waals surface area (Å²) in [7, 11) is 3.31. The Morgan fingerprint density at radius 1 is 1.00 bits per heavy atom. The van der Waals surface area contributed by atoms with Crippen LogP contribution in [0.3, 0.4) is 0 Å². The number of hydrogen-bond acceptors (Lipinski definition) is 5. The summed E-state index contributed by atoms with van der Waals surface area (Å²) in [6.45, 7) is 2.19. The summed E-state index contributed by atoms with van der Waals surface area (Å²) in [5, 5.41) is 22.4. The Morgan fingerprint density at radius 2 is 1.58 bits per heavy atom. The standard InChI is InChI=1S/C26H29N3O4/c1-18-4-6-19(7-5-18)23(16-24(27-33)22-12-13-25(31)29(3)17-22)20-8-10-21(11-9-20)26(32)28(2)14-15-30/h4-13,17,23,30,33H,14-16H2,1-3H3. The number of oxime groups is 1. The van der Waals surface area contributed by atoms with Crippen molar-refractivity contribution < 1.29 is 15.1 Å². The third-order valence-electron chi connectivity index (χ3n) is 5.76. The lowest BCUT2D eigenvalue weighted by atomic mass is 9.85. The van der Waals surface area contributed by atoms with Crippen LogP contribution in [0.5, 0.6) is 0 Å². The predicted octanol–water partition coefficient (Wildman–Crippen LogP) is 3.16. The molecule has 7 heteroatoms. The lowest BCUT2D eigenvalue weighted by Crippen LogP contribution is -2.29. The Balaban J connectivity index is 1.96. The molecule has 172 valence electrons. The first-order valence-electron chi connectivity index (χ1n) is 10.7. The zero-order chi connectivity index (χ0) is 24.0. The molecule has 0 fully saturated rings. The topological polar surface area (TPSA) is 95.1 Å². The number of aliphatic hydroxyl groups is 1. The average molecular weight is 448 g/mol. The van der Waals surface area contributed by atoms with Gasteiger partial charge in [0.15, 0.2) is 0 Å². The van der Waals surface area contributed by atoms with Gasteiger partial charge >= 0.3 is 0 Å². The highest BCUT2D eigenvalue weighted by atomic mass is 16.4. The van der Waals surface area contributed by atoms with Crippen LogP contribution >= 0.6 is 0 Å². The van der Waals surface area contributed by atoms with E-state index in [0.29, 0.717) is 23.3 Å². The molecule has 0 aliphatic heterocycles. The summed E-state index contributed by atoms with van der Waals surface area (Å²) in [5.41, 5.74) is 4.66. The molecule has 1 heterocycles. The number of likely N-dealkylation sites (N-methyl/N-ethyl adjacent to an activating group) is 1. The molecule has 0 saturated heterocycles. The maximum atomic E-state index is 12.5. The van der Waals surface area contributed by atoms with E-state index in [4.69, 9.17) is 5.11 Å². The Hall–Kier alpha value is -3.71. The van der Waals surface area contributed by atoms with Crippen molar-refractivity contribution in [2.45, 2.75) is 19.3 Å². The van der Waals surface area contributed by atoms with Crippen LogP contribution in [0.1, 0.15) is 45.0 Å². The van der Waals surface area contributed by atoms with Crippen molar-refractivity contribution in [1.29, 1.82) is 0 Å². The van der Waals surface area contributed by atoms with Gasteiger partial charge in [0, 0.05) is 56.4 Å². The van der Waals surface area contributed by atoms with Gasteiger partial charge in [-0.2, -0.15) is 0 Å². The Kier molecular flexibility index (Phi) is 7.79. The van der Waals surface area contributed by atoms with Gasteiger partial charge in [-0.1, -0.05) is 47.1 Å². The van der Waals surface area contributed by atoms with Crippen LogP contribution in [0.25, 0.3) is 0 Å². The predicted molar refractivity (Wildman–Crippen MR) is 128 cm³/mol. The molecule has 1 atom stereocenters. The van der Waals surface area contributed by atoms with Crippen LogP contribution in [-0.4, -0.2) is 51.6 Å². The van der Waals surface area contributed by atoms with Crippen LogP contribution in [-0.2, 0) is 7.05 Å². The molecule has 1 aromatic heterocycles. The van der Waals surface area contributed by atoms with Crippen molar-refractivity contribution in [3.8, 4) is 0 Å².